The molecule has 112 valence electrons. The minimum Gasteiger partial charge on any atom is -0.340 e. The zero-order chi connectivity index (χ0) is 15.2. The molecule has 1 aliphatic rings. The average molecular weight is 289 g/mol. The van der Waals surface area contributed by atoms with Crippen LogP contribution in [0, 0.1) is 17.7 Å². The van der Waals surface area contributed by atoms with Gasteiger partial charge in [-0.3, -0.25) is 9.69 Å². The van der Waals surface area contributed by atoms with Gasteiger partial charge in [-0.15, -0.1) is 0 Å². The molecule has 0 bridgehead atoms. The van der Waals surface area contributed by atoms with E-state index in [1.54, 1.807) is 19.1 Å². The summed E-state index contributed by atoms with van der Waals surface area (Å²) >= 11 is 0. The molecule has 1 heterocycles. The van der Waals surface area contributed by atoms with Crippen molar-refractivity contribution in [3.63, 3.8) is 0 Å². The lowest BCUT2D eigenvalue weighted by Crippen LogP contribution is -2.47. The second-order valence-electron chi connectivity index (χ2n) is 5.10. The summed E-state index contributed by atoms with van der Waals surface area (Å²) in [6.07, 6.45) is 0. The van der Waals surface area contributed by atoms with Gasteiger partial charge in [0.25, 0.3) is 0 Å². The molecular weight excluding hydrogens is 269 g/mol. The Morgan fingerprint density at radius 3 is 2.67 bits per heavy atom. The number of nitrogens with zero attached hydrogens (tertiary/aromatic N) is 2. The first-order valence-corrected chi connectivity index (χ1v) is 7.05. The van der Waals surface area contributed by atoms with Crippen molar-refractivity contribution < 1.29 is 9.18 Å². The summed E-state index contributed by atoms with van der Waals surface area (Å²) in [6, 6.07) is 5.00. The molecule has 2 N–H and O–H groups in total. The summed E-state index contributed by atoms with van der Waals surface area (Å²) in [6.45, 7) is 5.71. The molecule has 1 aromatic rings. The summed E-state index contributed by atoms with van der Waals surface area (Å²) in [5.41, 5.74) is 6.73. The molecule has 0 atom stereocenters. The Bertz CT molecular complexity index is 569. The average Bonchev–Trinajstić information content (AvgIpc) is 2.48. The van der Waals surface area contributed by atoms with Gasteiger partial charge in [0.2, 0.25) is 5.91 Å². The van der Waals surface area contributed by atoms with Gasteiger partial charge in [-0.05, 0) is 17.7 Å². The van der Waals surface area contributed by atoms with E-state index in [1.165, 1.54) is 6.07 Å². The Labute approximate surface area is 124 Å². The first kappa shape index (κ1) is 15.5. The normalized spacial score (nSPS) is 15.5. The van der Waals surface area contributed by atoms with Crippen molar-refractivity contribution in [2.24, 2.45) is 5.73 Å². The fourth-order valence-corrected chi connectivity index (χ4v) is 2.39. The Kier molecular flexibility index (Phi) is 5.32. The topological polar surface area (TPSA) is 49.6 Å². The fraction of sp³-hybridized carbons (Fsp3) is 0.438. The molecule has 1 fully saturated rings. The Morgan fingerprint density at radius 1 is 1.33 bits per heavy atom. The molecule has 5 heteroatoms. The lowest BCUT2D eigenvalue weighted by molar-refractivity contribution is -0.130. The third-order valence-electron chi connectivity index (χ3n) is 3.58. The summed E-state index contributed by atoms with van der Waals surface area (Å²) in [5.74, 6) is 5.23. The van der Waals surface area contributed by atoms with Crippen LogP contribution in [-0.4, -0.2) is 48.4 Å². The van der Waals surface area contributed by atoms with Gasteiger partial charge < -0.3 is 10.6 Å². The number of hydrogen-bond donors (Lipinski definition) is 1. The van der Waals surface area contributed by atoms with Crippen LogP contribution in [0.25, 0.3) is 0 Å². The molecule has 0 spiro atoms. The number of benzene rings is 1. The molecule has 2 rings (SSSR count). The zero-order valence-electron chi connectivity index (χ0n) is 12.2. The third kappa shape index (κ3) is 4.28. The Balaban J connectivity index is 1.99. The van der Waals surface area contributed by atoms with Gasteiger partial charge in [-0.25, -0.2) is 4.39 Å². The van der Waals surface area contributed by atoms with Gasteiger partial charge in [0.05, 0.1) is 12.1 Å². The molecule has 4 nitrogen and oxygen atoms in total. The predicted molar refractivity (Wildman–Crippen MR) is 79.9 cm³/mol. The first-order chi connectivity index (χ1) is 10.1. The quantitative estimate of drug-likeness (QED) is 0.819. The van der Waals surface area contributed by atoms with Crippen molar-refractivity contribution in [2.75, 3.05) is 32.7 Å². The number of halogens is 1. The summed E-state index contributed by atoms with van der Waals surface area (Å²) in [4.78, 5) is 15.4. The highest BCUT2D eigenvalue weighted by Gasteiger charge is 2.18. The van der Waals surface area contributed by atoms with Crippen LogP contribution in [-0.2, 0) is 11.3 Å². The molecular formula is C16H20FN3O. The maximum atomic E-state index is 13.6. The van der Waals surface area contributed by atoms with E-state index in [0.717, 1.165) is 38.3 Å². The van der Waals surface area contributed by atoms with E-state index in [4.69, 9.17) is 5.73 Å². The van der Waals surface area contributed by atoms with Crippen LogP contribution in [0.15, 0.2) is 18.2 Å². The van der Waals surface area contributed by atoms with Gasteiger partial charge in [0, 0.05) is 39.6 Å². The standard InChI is InChI=1S/C16H20FN3O/c1-13(21)20-9-7-19(8-10-20)12-14-4-5-16(17)15(11-14)3-2-6-18/h4-5,11H,6-10,12,18H2,1H3. The molecule has 0 radical (unpaired) electrons. The maximum Gasteiger partial charge on any atom is 0.219 e. The van der Waals surface area contributed by atoms with Crippen molar-refractivity contribution >= 4 is 5.91 Å². The van der Waals surface area contributed by atoms with Crippen molar-refractivity contribution in [1.82, 2.24) is 9.80 Å². The molecule has 21 heavy (non-hydrogen) atoms. The van der Waals surface area contributed by atoms with E-state index < -0.39 is 0 Å². The smallest absolute Gasteiger partial charge is 0.219 e. The van der Waals surface area contributed by atoms with E-state index in [2.05, 4.69) is 16.7 Å². The molecule has 0 aromatic heterocycles. The van der Waals surface area contributed by atoms with Gasteiger partial charge in [0.15, 0.2) is 0 Å². The van der Waals surface area contributed by atoms with E-state index >= 15 is 0 Å². The van der Waals surface area contributed by atoms with Crippen molar-refractivity contribution in [1.29, 1.82) is 0 Å². The van der Waals surface area contributed by atoms with Crippen LogP contribution in [0.5, 0.6) is 0 Å². The van der Waals surface area contributed by atoms with Gasteiger partial charge in [-0.2, -0.15) is 0 Å². The maximum absolute atomic E-state index is 13.6. The van der Waals surface area contributed by atoms with Gasteiger partial charge in [0.1, 0.15) is 5.82 Å². The monoisotopic (exact) mass is 289 g/mol. The lowest BCUT2D eigenvalue weighted by atomic mass is 10.1. The van der Waals surface area contributed by atoms with E-state index in [9.17, 15) is 9.18 Å². The molecule has 1 aromatic carbocycles. The predicted octanol–water partition coefficient (Wildman–Crippen LogP) is 0.800. The summed E-state index contributed by atoms with van der Waals surface area (Å²) in [5, 5.41) is 0. The van der Waals surface area contributed by atoms with E-state index in [1.807, 2.05) is 4.90 Å². The number of carbonyl (C=O) groups excluding carboxylic acids is 1. The lowest BCUT2D eigenvalue weighted by Gasteiger charge is -2.34. The number of amides is 1. The van der Waals surface area contributed by atoms with Crippen molar-refractivity contribution in [3.05, 3.63) is 35.1 Å². The highest BCUT2D eigenvalue weighted by molar-refractivity contribution is 5.73. The fourth-order valence-electron chi connectivity index (χ4n) is 2.39. The second-order valence-corrected chi connectivity index (χ2v) is 5.10. The molecule has 1 saturated heterocycles. The Morgan fingerprint density at radius 2 is 2.05 bits per heavy atom. The number of rotatable bonds is 2. The molecule has 1 amide bonds. The SMILES string of the molecule is CC(=O)N1CCN(Cc2ccc(F)c(C#CCN)c2)CC1. The number of piperazine rings is 1. The first-order valence-electron chi connectivity index (χ1n) is 7.05. The van der Waals surface area contributed by atoms with Crippen LogP contribution in [0.4, 0.5) is 4.39 Å². The molecule has 1 aliphatic heterocycles. The van der Waals surface area contributed by atoms with Crippen molar-refractivity contribution in [2.45, 2.75) is 13.5 Å². The minimum atomic E-state index is -0.318. The number of nitrogens with two attached hydrogens (primary N) is 1. The minimum absolute atomic E-state index is 0.121. The molecule has 0 saturated carbocycles. The van der Waals surface area contributed by atoms with E-state index in [-0.39, 0.29) is 18.3 Å². The van der Waals surface area contributed by atoms with Crippen LogP contribution in [0.3, 0.4) is 0 Å². The number of hydrogen-bond acceptors (Lipinski definition) is 3. The summed E-state index contributed by atoms with van der Waals surface area (Å²) < 4.78 is 13.6. The zero-order valence-corrected chi connectivity index (χ0v) is 12.2. The van der Waals surface area contributed by atoms with E-state index in [0.29, 0.717) is 5.56 Å². The van der Waals surface area contributed by atoms with Crippen molar-refractivity contribution in [3.8, 4) is 11.8 Å². The molecule has 0 unspecified atom stereocenters. The van der Waals surface area contributed by atoms with Crippen LogP contribution >= 0.6 is 0 Å². The van der Waals surface area contributed by atoms with Crippen LogP contribution < -0.4 is 5.73 Å². The van der Waals surface area contributed by atoms with Gasteiger partial charge in [-0.1, -0.05) is 17.9 Å². The molecule has 0 aliphatic carbocycles. The third-order valence-corrected chi connectivity index (χ3v) is 3.58. The van der Waals surface area contributed by atoms with Crippen LogP contribution in [0.2, 0.25) is 0 Å². The van der Waals surface area contributed by atoms with Gasteiger partial charge >= 0.3 is 0 Å². The number of carbonyl (C=O) groups is 1. The highest BCUT2D eigenvalue weighted by Crippen LogP contribution is 2.13. The van der Waals surface area contributed by atoms with Crippen LogP contribution in [0.1, 0.15) is 18.1 Å². The summed E-state index contributed by atoms with van der Waals surface area (Å²) in [7, 11) is 0. The largest absolute Gasteiger partial charge is 0.340 e. The second kappa shape index (κ2) is 7.21. The highest BCUT2D eigenvalue weighted by atomic mass is 19.1. The Hall–Kier alpha value is -1.90.